The zero-order valence-corrected chi connectivity index (χ0v) is 14.3. The average molecular weight is 340 g/mol. The highest BCUT2D eigenvalue weighted by molar-refractivity contribution is 7.09. The largest absolute Gasteiger partial charge is 0.493 e. The zero-order chi connectivity index (χ0) is 16.1. The minimum Gasteiger partial charge on any atom is -0.493 e. The van der Waals surface area contributed by atoms with E-state index in [0.717, 1.165) is 4.88 Å². The maximum absolute atomic E-state index is 12.7. The molecule has 0 N–H and O–H groups in total. The van der Waals surface area contributed by atoms with Crippen LogP contribution in [0.15, 0.2) is 29.6 Å². The maximum atomic E-state index is 12.7. The molecule has 0 unspecified atom stereocenters. The molecule has 1 amide bonds. The van der Waals surface area contributed by atoms with Gasteiger partial charge in [-0.25, -0.2) is 0 Å². The first kappa shape index (κ1) is 16.6. The van der Waals surface area contributed by atoms with Crippen molar-refractivity contribution >= 4 is 28.8 Å². The van der Waals surface area contributed by atoms with Crippen molar-refractivity contribution < 1.29 is 14.3 Å². The number of hydrogen-bond donors (Lipinski definition) is 0. The SMILES string of the molecule is CCN(Cc1cccs1)C(=O)c1cc(Cl)c(OC)c(OC)c1. The standard InChI is InChI=1S/C16H18ClNO3S/c1-4-18(10-12-6-5-7-22-12)16(19)11-8-13(17)15(21-3)14(9-11)20-2/h5-9H,4,10H2,1-3H3. The molecular formula is C16H18ClNO3S. The van der Waals surface area contributed by atoms with Crippen molar-refractivity contribution in [2.24, 2.45) is 0 Å². The van der Waals surface area contributed by atoms with E-state index in [-0.39, 0.29) is 5.91 Å². The van der Waals surface area contributed by atoms with E-state index in [1.807, 2.05) is 24.4 Å². The quantitative estimate of drug-likeness (QED) is 0.796. The highest BCUT2D eigenvalue weighted by Gasteiger charge is 2.19. The van der Waals surface area contributed by atoms with Crippen molar-refractivity contribution in [3.63, 3.8) is 0 Å². The second-order valence-corrected chi connectivity index (χ2v) is 6.03. The fraction of sp³-hybridized carbons (Fsp3) is 0.312. The van der Waals surface area contributed by atoms with E-state index in [1.165, 1.54) is 14.2 Å². The molecule has 0 aliphatic heterocycles. The molecule has 2 aromatic rings. The fourth-order valence-corrected chi connectivity index (χ4v) is 3.15. The number of nitrogens with zero attached hydrogens (tertiary/aromatic N) is 1. The minimum atomic E-state index is -0.0845. The number of hydrogen-bond acceptors (Lipinski definition) is 4. The molecule has 118 valence electrons. The number of carbonyl (C=O) groups is 1. The van der Waals surface area contributed by atoms with Crippen LogP contribution in [-0.2, 0) is 6.54 Å². The van der Waals surface area contributed by atoms with Crippen molar-refractivity contribution in [1.82, 2.24) is 4.90 Å². The van der Waals surface area contributed by atoms with E-state index >= 15 is 0 Å². The van der Waals surface area contributed by atoms with Crippen LogP contribution in [0.5, 0.6) is 11.5 Å². The van der Waals surface area contributed by atoms with Gasteiger partial charge >= 0.3 is 0 Å². The van der Waals surface area contributed by atoms with Crippen LogP contribution in [0.2, 0.25) is 5.02 Å². The number of halogens is 1. The van der Waals surface area contributed by atoms with Crippen LogP contribution >= 0.6 is 22.9 Å². The molecule has 0 saturated carbocycles. The topological polar surface area (TPSA) is 38.8 Å². The molecular weight excluding hydrogens is 322 g/mol. The second-order valence-electron chi connectivity index (χ2n) is 4.59. The van der Waals surface area contributed by atoms with Gasteiger partial charge < -0.3 is 14.4 Å². The van der Waals surface area contributed by atoms with Gasteiger partial charge in [-0.15, -0.1) is 11.3 Å². The fourth-order valence-electron chi connectivity index (χ4n) is 2.14. The molecule has 4 nitrogen and oxygen atoms in total. The van der Waals surface area contributed by atoms with Gasteiger partial charge in [-0.2, -0.15) is 0 Å². The van der Waals surface area contributed by atoms with Gasteiger partial charge in [0.1, 0.15) is 0 Å². The van der Waals surface area contributed by atoms with Crippen LogP contribution in [0.1, 0.15) is 22.2 Å². The minimum absolute atomic E-state index is 0.0845. The predicted octanol–water partition coefficient (Wildman–Crippen LogP) is 4.08. The summed E-state index contributed by atoms with van der Waals surface area (Å²) in [5, 5.41) is 2.36. The molecule has 1 aromatic heterocycles. The van der Waals surface area contributed by atoms with Gasteiger partial charge in [0.2, 0.25) is 0 Å². The Labute approximate surface area is 139 Å². The number of amides is 1. The maximum Gasteiger partial charge on any atom is 0.254 e. The molecule has 0 radical (unpaired) electrons. The summed E-state index contributed by atoms with van der Waals surface area (Å²) in [5.74, 6) is 0.798. The van der Waals surface area contributed by atoms with Crippen molar-refractivity contribution in [3.8, 4) is 11.5 Å². The molecule has 22 heavy (non-hydrogen) atoms. The lowest BCUT2D eigenvalue weighted by Gasteiger charge is -2.21. The molecule has 0 fully saturated rings. The lowest BCUT2D eigenvalue weighted by atomic mass is 10.1. The smallest absolute Gasteiger partial charge is 0.254 e. The van der Waals surface area contributed by atoms with E-state index in [2.05, 4.69) is 0 Å². The van der Waals surface area contributed by atoms with Gasteiger partial charge in [0.25, 0.3) is 5.91 Å². The van der Waals surface area contributed by atoms with Crippen LogP contribution in [0.25, 0.3) is 0 Å². The van der Waals surface area contributed by atoms with Gasteiger partial charge in [0, 0.05) is 17.0 Å². The highest BCUT2D eigenvalue weighted by Crippen LogP contribution is 2.36. The normalized spacial score (nSPS) is 10.4. The van der Waals surface area contributed by atoms with Crippen molar-refractivity contribution in [1.29, 1.82) is 0 Å². The van der Waals surface area contributed by atoms with Crippen LogP contribution in [0.3, 0.4) is 0 Å². The predicted molar refractivity (Wildman–Crippen MR) is 89.3 cm³/mol. The Bertz CT molecular complexity index is 643. The Hall–Kier alpha value is -1.72. The summed E-state index contributed by atoms with van der Waals surface area (Å²) in [4.78, 5) is 15.6. The Morgan fingerprint density at radius 1 is 1.32 bits per heavy atom. The second kappa shape index (κ2) is 7.51. The number of ether oxygens (including phenoxy) is 2. The molecule has 1 heterocycles. The molecule has 0 aliphatic carbocycles. The number of methoxy groups -OCH3 is 2. The van der Waals surface area contributed by atoms with Gasteiger partial charge in [-0.05, 0) is 30.5 Å². The van der Waals surface area contributed by atoms with Crippen molar-refractivity contribution in [2.75, 3.05) is 20.8 Å². The lowest BCUT2D eigenvalue weighted by Crippen LogP contribution is -2.30. The Morgan fingerprint density at radius 2 is 2.09 bits per heavy atom. The average Bonchev–Trinajstić information content (AvgIpc) is 3.04. The third-order valence-electron chi connectivity index (χ3n) is 3.28. The van der Waals surface area contributed by atoms with Gasteiger partial charge in [0.05, 0.1) is 25.8 Å². The summed E-state index contributed by atoms with van der Waals surface area (Å²) in [7, 11) is 3.03. The summed E-state index contributed by atoms with van der Waals surface area (Å²) in [6, 6.07) is 7.26. The molecule has 0 saturated heterocycles. The molecule has 0 bridgehead atoms. The van der Waals surface area contributed by atoms with Crippen molar-refractivity contribution in [2.45, 2.75) is 13.5 Å². The van der Waals surface area contributed by atoms with Gasteiger partial charge in [-0.1, -0.05) is 17.7 Å². The molecule has 0 atom stereocenters. The lowest BCUT2D eigenvalue weighted by molar-refractivity contribution is 0.0753. The number of benzene rings is 1. The number of carbonyl (C=O) groups excluding carboxylic acids is 1. The van der Waals surface area contributed by atoms with Crippen LogP contribution in [0.4, 0.5) is 0 Å². The number of thiophene rings is 1. The van der Waals surface area contributed by atoms with Crippen LogP contribution < -0.4 is 9.47 Å². The molecule has 0 spiro atoms. The molecule has 1 aromatic carbocycles. The first-order valence-electron chi connectivity index (χ1n) is 6.83. The highest BCUT2D eigenvalue weighted by atomic mass is 35.5. The number of rotatable bonds is 6. The summed E-state index contributed by atoms with van der Waals surface area (Å²) >= 11 is 7.81. The zero-order valence-electron chi connectivity index (χ0n) is 12.8. The van der Waals surface area contributed by atoms with E-state index in [0.29, 0.717) is 35.2 Å². The van der Waals surface area contributed by atoms with Crippen LogP contribution in [0, 0.1) is 0 Å². The Kier molecular flexibility index (Phi) is 5.69. The third kappa shape index (κ3) is 3.54. The first-order valence-corrected chi connectivity index (χ1v) is 8.09. The van der Waals surface area contributed by atoms with Crippen LogP contribution in [-0.4, -0.2) is 31.6 Å². The van der Waals surface area contributed by atoms with E-state index in [1.54, 1.807) is 28.4 Å². The van der Waals surface area contributed by atoms with E-state index in [9.17, 15) is 4.79 Å². The van der Waals surface area contributed by atoms with Gasteiger partial charge in [-0.3, -0.25) is 4.79 Å². The Balaban J connectivity index is 2.29. The Morgan fingerprint density at radius 3 is 2.64 bits per heavy atom. The molecule has 0 aliphatic rings. The third-order valence-corrected chi connectivity index (χ3v) is 4.42. The van der Waals surface area contributed by atoms with Gasteiger partial charge in [0.15, 0.2) is 11.5 Å². The first-order chi connectivity index (χ1) is 10.6. The van der Waals surface area contributed by atoms with Crippen molar-refractivity contribution in [3.05, 3.63) is 45.1 Å². The summed E-state index contributed by atoms with van der Waals surface area (Å²) in [5.41, 5.74) is 0.487. The molecule has 6 heteroatoms. The summed E-state index contributed by atoms with van der Waals surface area (Å²) in [6.07, 6.45) is 0. The summed E-state index contributed by atoms with van der Waals surface area (Å²) in [6.45, 7) is 3.15. The van der Waals surface area contributed by atoms with E-state index < -0.39 is 0 Å². The van der Waals surface area contributed by atoms with E-state index in [4.69, 9.17) is 21.1 Å². The monoisotopic (exact) mass is 339 g/mol. The molecule has 2 rings (SSSR count). The summed E-state index contributed by atoms with van der Waals surface area (Å²) < 4.78 is 10.4.